The van der Waals surface area contributed by atoms with E-state index in [1.165, 1.54) is 10.9 Å². The predicted octanol–water partition coefficient (Wildman–Crippen LogP) is 1.59. The molecule has 5 nitrogen and oxygen atoms in total. The van der Waals surface area contributed by atoms with Crippen molar-refractivity contribution < 1.29 is 4.79 Å². The van der Waals surface area contributed by atoms with Gasteiger partial charge in [-0.15, -0.1) is 5.10 Å². The van der Waals surface area contributed by atoms with Crippen LogP contribution in [0.3, 0.4) is 0 Å². The van der Waals surface area contributed by atoms with Crippen LogP contribution in [0, 0.1) is 0 Å². The van der Waals surface area contributed by atoms with Crippen LogP contribution in [0.1, 0.15) is 16.2 Å². The second-order valence-corrected chi connectivity index (χ2v) is 3.96. The number of aryl methyl sites for hydroxylation is 1. The molecule has 18 heavy (non-hydrogen) atoms. The summed E-state index contributed by atoms with van der Waals surface area (Å²) in [6, 6.07) is 11.3. The number of carbonyl (C=O) groups is 1. The van der Waals surface area contributed by atoms with Crippen LogP contribution in [0.25, 0.3) is 10.9 Å². The molecule has 0 radical (unpaired) electrons. The van der Waals surface area contributed by atoms with Crippen molar-refractivity contribution in [3.8, 4) is 0 Å². The highest BCUT2D eigenvalue weighted by Gasteiger charge is 2.15. The van der Waals surface area contributed by atoms with Gasteiger partial charge in [-0.25, -0.2) is 9.67 Å². The average Bonchev–Trinajstić information content (AvgIpc) is 2.83. The Bertz CT molecular complexity index is 732. The van der Waals surface area contributed by atoms with E-state index in [-0.39, 0.29) is 5.78 Å². The summed E-state index contributed by atoms with van der Waals surface area (Å²) in [4.78, 5) is 16.6. The minimum Gasteiger partial charge on any atom is -0.285 e. The Labute approximate surface area is 103 Å². The SMILES string of the molecule is Cn1nncc1C(=O)c1ccc2ccccc2n1. The van der Waals surface area contributed by atoms with Crippen molar-refractivity contribution in [3.05, 3.63) is 54.0 Å². The molecule has 0 spiro atoms. The van der Waals surface area contributed by atoms with Gasteiger partial charge in [0.2, 0.25) is 5.78 Å². The molecule has 2 aromatic heterocycles. The van der Waals surface area contributed by atoms with Gasteiger partial charge < -0.3 is 0 Å². The second kappa shape index (κ2) is 4.03. The fraction of sp³-hybridized carbons (Fsp3) is 0.0769. The third-order valence-electron chi connectivity index (χ3n) is 2.78. The Morgan fingerprint density at radius 3 is 2.78 bits per heavy atom. The molecule has 1 aromatic carbocycles. The van der Waals surface area contributed by atoms with Gasteiger partial charge in [0.25, 0.3) is 0 Å². The Morgan fingerprint density at radius 2 is 2.00 bits per heavy atom. The van der Waals surface area contributed by atoms with Gasteiger partial charge in [-0.1, -0.05) is 29.5 Å². The predicted molar refractivity (Wildman–Crippen MR) is 66.2 cm³/mol. The van der Waals surface area contributed by atoms with Crippen LogP contribution >= 0.6 is 0 Å². The van der Waals surface area contributed by atoms with Gasteiger partial charge in [-0.2, -0.15) is 0 Å². The summed E-state index contributed by atoms with van der Waals surface area (Å²) in [6.07, 6.45) is 1.44. The van der Waals surface area contributed by atoms with E-state index in [0.717, 1.165) is 10.9 Å². The highest BCUT2D eigenvalue weighted by molar-refractivity contribution is 6.07. The van der Waals surface area contributed by atoms with Gasteiger partial charge in [-0.05, 0) is 12.1 Å². The van der Waals surface area contributed by atoms with Gasteiger partial charge in [-0.3, -0.25) is 4.79 Å². The Kier molecular flexibility index (Phi) is 2.37. The minimum absolute atomic E-state index is 0.173. The highest BCUT2D eigenvalue weighted by Crippen LogP contribution is 2.13. The maximum atomic E-state index is 12.2. The maximum absolute atomic E-state index is 12.2. The molecule has 3 rings (SSSR count). The zero-order valence-electron chi connectivity index (χ0n) is 9.74. The lowest BCUT2D eigenvalue weighted by molar-refractivity contribution is 0.102. The summed E-state index contributed by atoms with van der Waals surface area (Å²) in [7, 11) is 1.68. The van der Waals surface area contributed by atoms with E-state index < -0.39 is 0 Å². The van der Waals surface area contributed by atoms with E-state index in [1.807, 2.05) is 30.3 Å². The number of rotatable bonds is 2. The van der Waals surface area contributed by atoms with Gasteiger partial charge in [0.1, 0.15) is 11.4 Å². The molecule has 2 heterocycles. The Hall–Kier alpha value is -2.56. The van der Waals surface area contributed by atoms with Crippen LogP contribution in [-0.2, 0) is 7.05 Å². The molecule has 0 saturated heterocycles. The molecule has 0 atom stereocenters. The van der Waals surface area contributed by atoms with E-state index in [0.29, 0.717) is 11.4 Å². The van der Waals surface area contributed by atoms with E-state index in [2.05, 4.69) is 15.3 Å². The number of nitrogens with zero attached hydrogens (tertiary/aromatic N) is 4. The first-order valence-corrected chi connectivity index (χ1v) is 5.51. The summed E-state index contributed by atoms with van der Waals surface area (Å²) < 4.78 is 1.44. The van der Waals surface area contributed by atoms with Gasteiger partial charge >= 0.3 is 0 Å². The number of hydrogen-bond donors (Lipinski definition) is 0. The van der Waals surface area contributed by atoms with Crippen molar-refractivity contribution in [3.63, 3.8) is 0 Å². The van der Waals surface area contributed by atoms with Crippen LogP contribution in [0.2, 0.25) is 0 Å². The number of fused-ring (bicyclic) bond motifs is 1. The highest BCUT2D eigenvalue weighted by atomic mass is 16.1. The van der Waals surface area contributed by atoms with Crippen LogP contribution in [0.5, 0.6) is 0 Å². The maximum Gasteiger partial charge on any atom is 0.230 e. The third kappa shape index (κ3) is 1.66. The number of hydrogen-bond acceptors (Lipinski definition) is 4. The summed E-state index contributed by atoms with van der Waals surface area (Å²) in [5.74, 6) is -0.173. The van der Waals surface area contributed by atoms with Crippen molar-refractivity contribution in [2.45, 2.75) is 0 Å². The molecule has 3 aromatic rings. The molecular formula is C13H10N4O. The van der Waals surface area contributed by atoms with Crippen LogP contribution in [0.4, 0.5) is 0 Å². The molecule has 0 fully saturated rings. The Balaban J connectivity index is 2.10. The van der Waals surface area contributed by atoms with E-state index >= 15 is 0 Å². The third-order valence-corrected chi connectivity index (χ3v) is 2.78. The fourth-order valence-electron chi connectivity index (χ4n) is 1.82. The number of benzene rings is 1. The second-order valence-electron chi connectivity index (χ2n) is 3.96. The molecule has 0 unspecified atom stereocenters. The summed E-state index contributed by atoms with van der Waals surface area (Å²) >= 11 is 0. The summed E-state index contributed by atoms with van der Waals surface area (Å²) in [6.45, 7) is 0. The summed E-state index contributed by atoms with van der Waals surface area (Å²) in [5.41, 5.74) is 1.63. The van der Waals surface area contributed by atoms with Crippen molar-refractivity contribution in [2.75, 3.05) is 0 Å². The molecule has 0 aliphatic carbocycles. The lowest BCUT2D eigenvalue weighted by atomic mass is 10.1. The number of carbonyl (C=O) groups excluding carboxylic acids is 1. The normalized spacial score (nSPS) is 10.7. The molecule has 0 bridgehead atoms. The molecule has 0 saturated carbocycles. The first-order chi connectivity index (χ1) is 8.75. The lowest BCUT2D eigenvalue weighted by Gasteiger charge is -2.02. The standard InChI is InChI=1S/C13H10N4O/c1-17-12(8-14-16-17)13(18)11-7-6-9-4-2-3-5-10(9)15-11/h2-8H,1H3. The zero-order valence-corrected chi connectivity index (χ0v) is 9.74. The zero-order chi connectivity index (χ0) is 12.5. The monoisotopic (exact) mass is 238 g/mol. The van der Waals surface area contributed by atoms with Gasteiger partial charge in [0, 0.05) is 12.4 Å². The van der Waals surface area contributed by atoms with Crippen molar-refractivity contribution in [1.29, 1.82) is 0 Å². The first kappa shape index (κ1) is 10.6. The van der Waals surface area contributed by atoms with Crippen molar-refractivity contribution in [1.82, 2.24) is 20.0 Å². The number of pyridine rings is 1. The van der Waals surface area contributed by atoms with Crippen LogP contribution in [0.15, 0.2) is 42.6 Å². The van der Waals surface area contributed by atoms with Crippen LogP contribution < -0.4 is 0 Å². The molecule has 0 amide bonds. The Morgan fingerprint density at radius 1 is 1.17 bits per heavy atom. The topological polar surface area (TPSA) is 60.7 Å². The number of aromatic nitrogens is 4. The van der Waals surface area contributed by atoms with Crippen molar-refractivity contribution in [2.24, 2.45) is 7.05 Å². The average molecular weight is 238 g/mol. The quantitative estimate of drug-likeness (QED) is 0.636. The fourth-order valence-corrected chi connectivity index (χ4v) is 1.82. The number of ketones is 1. The molecule has 0 aliphatic heterocycles. The largest absolute Gasteiger partial charge is 0.285 e. The summed E-state index contributed by atoms with van der Waals surface area (Å²) in [5, 5.41) is 8.45. The smallest absolute Gasteiger partial charge is 0.230 e. The van der Waals surface area contributed by atoms with Crippen LogP contribution in [-0.4, -0.2) is 25.8 Å². The van der Waals surface area contributed by atoms with E-state index in [4.69, 9.17) is 0 Å². The number of para-hydroxylation sites is 1. The molecule has 0 N–H and O–H groups in total. The molecule has 5 heteroatoms. The molecular weight excluding hydrogens is 228 g/mol. The molecule has 0 aliphatic rings. The lowest BCUT2D eigenvalue weighted by Crippen LogP contribution is -2.09. The van der Waals surface area contributed by atoms with E-state index in [9.17, 15) is 4.79 Å². The molecule has 88 valence electrons. The van der Waals surface area contributed by atoms with Crippen molar-refractivity contribution >= 4 is 16.7 Å². The minimum atomic E-state index is -0.173. The van der Waals surface area contributed by atoms with E-state index in [1.54, 1.807) is 13.1 Å². The van der Waals surface area contributed by atoms with Gasteiger partial charge in [0.15, 0.2) is 0 Å². The first-order valence-electron chi connectivity index (χ1n) is 5.51. The van der Waals surface area contributed by atoms with Gasteiger partial charge in [0.05, 0.1) is 11.7 Å².